The van der Waals surface area contributed by atoms with Crippen LogP contribution in [-0.2, 0) is 13.1 Å². The van der Waals surface area contributed by atoms with Gasteiger partial charge in [-0.05, 0) is 82.2 Å². The number of fused-ring (bicyclic) bond motifs is 1. The minimum absolute atomic E-state index is 0.226. The van der Waals surface area contributed by atoms with Gasteiger partial charge in [0.2, 0.25) is 5.95 Å². The van der Waals surface area contributed by atoms with E-state index in [1.165, 1.54) is 6.07 Å². The molecular formula is C29H33Cl2F2N7O. The molecule has 218 valence electrons. The Bertz CT molecular complexity index is 1490. The summed E-state index contributed by atoms with van der Waals surface area (Å²) in [6.45, 7) is 4.23. The van der Waals surface area contributed by atoms with Gasteiger partial charge in [-0.15, -0.1) is 0 Å². The molecule has 0 spiro atoms. The van der Waals surface area contributed by atoms with E-state index in [-0.39, 0.29) is 6.54 Å². The first-order valence-corrected chi connectivity index (χ1v) is 14.4. The van der Waals surface area contributed by atoms with Gasteiger partial charge in [-0.2, -0.15) is 4.98 Å². The summed E-state index contributed by atoms with van der Waals surface area (Å²) in [7, 11) is 4.04. The first-order valence-electron chi connectivity index (χ1n) is 13.7. The zero-order valence-corrected chi connectivity index (χ0v) is 24.6. The summed E-state index contributed by atoms with van der Waals surface area (Å²) >= 11 is 13.6. The first kappa shape index (κ1) is 29.4. The van der Waals surface area contributed by atoms with Crippen LogP contribution in [-0.4, -0.2) is 64.8 Å². The van der Waals surface area contributed by atoms with E-state index in [1.54, 1.807) is 18.3 Å². The Morgan fingerprint density at radius 2 is 1.93 bits per heavy atom. The van der Waals surface area contributed by atoms with Gasteiger partial charge in [0.1, 0.15) is 17.1 Å². The van der Waals surface area contributed by atoms with Gasteiger partial charge in [0.05, 0.1) is 28.4 Å². The number of rotatable bonds is 11. The summed E-state index contributed by atoms with van der Waals surface area (Å²) in [6.07, 6.45) is 4.67. The van der Waals surface area contributed by atoms with Crippen molar-refractivity contribution in [3.8, 4) is 17.1 Å². The lowest BCUT2D eigenvalue weighted by atomic mass is 9.99. The van der Waals surface area contributed by atoms with Crippen molar-refractivity contribution in [3.63, 3.8) is 0 Å². The van der Waals surface area contributed by atoms with Crippen LogP contribution in [0.2, 0.25) is 10.0 Å². The Hall–Kier alpha value is -3.05. The van der Waals surface area contributed by atoms with Crippen molar-refractivity contribution < 1.29 is 13.5 Å². The van der Waals surface area contributed by atoms with E-state index in [0.717, 1.165) is 51.0 Å². The third kappa shape index (κ3) is 7.24. The molecule has 1 aliphatic rings. The Kier molecular flexibility index (Phi) is 9.54. The van der Waals surface area contributed by atoms with E-state index in [1.807, 2.05) is 18.7 Å². The van der Waals surface area contributed by atoms with Crippen molar-refractivity contribution >= 4 is 40.3 Å². The maximum Gasteiger partial charge on any atom is 0.225 e. The third-order valence-electron chi connectivity index (χ3n) is 7.02. The molecule has 2 aromatic carbocycles. The summed E-state index contributed by atoms with van der Waals surface area (Å²) in [6, 6.07) is 7.31. The lowest BCUT2D eigenvalue weighted by Gasteiger charge is -2.24. The topological polar surface area (TPSA) is 80.1 Å². The Morgan fingerprint density at radius 3 is 2.63 bits per heavy atom. The molecule has 12 heteroatoms. The van der Waals surface area contributed by atoms with Crippen LogP contribution >= 0.6 is 23.2 Å². The van der Waals surface area contributed by atoms with Crippen molar-refractivity contribution in [3.05, 3.63) is 63.8 Å². The molecule has 4 aromatic rings. The van der Waals surface area contributed by atoms with Gasteiger partial charge in [-0.1, -0.05) is 29.3 Å². The number of ether oxygens (including phenoxy) is 1. The summed E-state index contributed by atoms with van der Waals surface area (Å²) in [5.41, 5.74) is 2.40. The fraction of sp³-hybridized carbons (Fsp3) is 0.414. The zero-order chi connectivity index (χ0) is 28.9. The molecule has 3 heterocycles. The number of imidazole rings is 1. The number of benzene rings is 2. The maximum atomic E-state index is 13.7. The molecular weight excluding hydrogens is 571 g/mol. The number of nitrogens with zero attached hydrogens (tertiary/aromatic N) is 5. The Balaban J connectivity index is 1.46. The second kappa shape index (κ2) is 13.3. The summed E-state index contributed by atoms with van der Waals surface area (Å²) in [4.78, 5) is 16.1. The van der Waals surface area contributed by atoms with Crippen molar-refractivity contribution in [1.29, 1.82) is 0 Å². The fourth-order valence-corrected chi connectivity index (χ4v) is 5.59. The predicted molar refractivity (Wildman–Crippen MR) is 159 cm³/mol. The predicted octanol–water partition coefficient (Wildman–Crippen LogP) is 6.02. The van der Waals surface area contributed by atoms with Gasteiger partial charge in [0, 0.05) is 19.6 Å². The summed E-state index contributed by atoms with van der Waals surface area (Å²) in [5.74, 6) is 0.127. The van der Waals surface area contributed by atoms with Crippen LogP contribution in [0.5, 0.6) is 5.75 Å². The number of piperidine rings is 1. The highest BCUT2D eigenvalue weighted by molar-refractivity contribution is 6.39. The van der Waals surface area contributed by atoms with E-state index >= 15 is 0 Å². The second-order valence-electron chi connectivity index (χ2n) is 10.5. The molecule has 2 aromatic heterocycles. The highest BCUT2D eigenvalue weighted by atomic mass is 35.5. The van der Waals surface area contributed by atoms with Crippen molar-refractivity contribution in [2.24, 2.45) is 5.92 Å². The average Bonchev–Trinajstić information content (AvgIpc) is 3.28. The van der Waals surface area contributed by atoms with Crippen LogP contribution in [0.25, 0.3) is 22.6 Å². The molecule has 0 unspecified atom stereocenters. The Morgan fingerprint density at radius 1 is 1.12 bits per heavy atom. The van der Waals surface area contributed by atoms with E-state index in [2.05, 4.69) is 20.5 Å². The normalized spacial score (nSPS) is 15.5. The van der Waals surface area contributed by atoms with Gasteiger partial charge < -0.3 is 24.8 Å². The standard InChI is InChI=1S/C29H33Cl2F2N7O/c1-39(2)9-4-10-41-20-12-21(30)26(22(31)13-20)28-37-25-16-36-29(35-15-18-6-7-23(32)24(33)11-18)38-27(25)40(28)17-19-5-3-8-34-14-19/h6-7,11-13,16,19,34H,3-5,8-10,14-15,17H2,1-2H3,(H,35,36,38)/t19-/m1/s1. The van der Waals surface area contributed by atoms with Crippen LogP contribution < -0.4 is 15.4 Å². The number of halogens is 4. The van der Waals surface area contributed by atoms with E-state index in [0.29, 0.717) is 68.9 Å². The molecule has 0 radical (unpaired) electrons. The molecule has 2 N–H and O–H groups in total. The van der Waals surface area contributed by atoms with Crippen molar-refractivity contribution in [1.82, 2.24) is 29.7 Å². The first-order chi connectivity index (χ1) is 19.8. The highest BCUT2D eigenvalue weighted by Gasteiger charge is 2.24. The molecule has 0 bridgehead atoms. The lowest BCUT2D eigenvalue weighted by molar-refractivity contribution is 0.281. The number of anilines is 1. The Labute approximate surface area is 248 Å². The molecule has 0 aliphatic carbocycles. The number of hydrogen-bond acceptors (Lipinski definition) is 7. The zero-order valence-electron chi connectivity index (χ0n) is 23.1. The van der Waals surface area contributed by atoms with E-state index in [9.17, 15) is 8.78 Å². The van der Waals surface area contributed by atoms with Crippen LogP contribution in [0, 0.1) is 17.6 Å². The molecule has 0 amide bonds. The largest absolute Gasteiger partial charge is 0.493 e. The quantitative estimate of drug-likeness (QED) is 0.203. The highest BCUT2D eigenvalue weighted by Crippen LogP contribution is 2.39. The van der Waals surface area contributed by atoms with Gasteiger partial charge in [-0.3, -0.25) is 0 Å². The molecule has 1 saturated heterocycles. The van der Waals surface area contributed by atoms with Gasteiger partial charge in [0.15, 0.2) is 17.3 Å². The fourth-order valence-electron chi connectivity index (χ4n) is 4.95. The van der Waals surface area contributed by atoms with E-state index < -0.39 is 11.6 Å². The lowest BCUT2D eigenvalue weighted by Crippen LogP contribution is -2.32. The smallest absolute Gasteiger partial charge is 0.225 e. The van der Waals surface area contributed by atoms with Crippen LogP contribution in [0.1, 0.15) is 24.8 Å². The monoisotopic (exact) mass is 603 g/mol. The van der Waals surface area contributed by atoms with Gasteiger partial charge in [-0.25, -0.2) is 18.7 Å². The molecule has 1 fully saturated rings. The molecule has 8 nitrogen and oxygen atoms in total. The van der Waals surface area contributed by atoms with Crippen LogP contribution in [0.4, 0.5) is 14.7 Å². The second-order valence-corrected chi connectivity index (χ2v) is 11.3. The van der Waals surface area contributed by atoms with Crippen LogP contribution in [0.15, 0.2) is 36.5 Å². The van der Waals surface area contributed by atoms with Crippen LogP contribution in [0.3, 0.4) is 0 Å². The minimum Gasteiger partial charge on any atom is -0.493 e. The summed E-state index contributed by atoms with van der Waals surface area (Å²) in [5, 5.41) is 7.44. The molecule has 0 saturated carbocycles. The molecule has 5 rings (SSSR count). The average molecular weight is 605 g/mol. The van der Waals surface area contributed by atoms with Crippen molar-refractivity contribution in [2.75, 3.05) is 45.7 Å². The minimum atomic E-state index is -0.900. The number of nitrogens with one attached hydrogen (secondary N) is 2. The summed E-state index contributed by atoms with van der Waals surface area (Å²) < 4.78 is 34.9. The molecule has 1 aliphatic heterocycles. The van der Waals surface area contributed by atoms with Crippen molar-refractivity contribution in [2.45, 2.75) is 32.4 Å². The molecule has 1 atom stereocenters. The van der Waals surface area contributed by atoms with Gasteiger partial charge >= 0.3 is 0 Å². The van der Waals surface area contributed by atoms with E-state index in [4.69, 9.17) is 37.9 Å². The molecule has 41 heavy (non-hydrogen) atoms. The number of hydrogen-bond donors (Lipinski definition) is 2. The number of aromatic nitrogens is 4. The maximum absolute atomic E-state index is 13.7. The third-order valence-corrected chi connectivity index (χ3v) is 7.62. The van der Waals surface area contributed by atoms with Gasteiger partial charge in [0.25, 0.3) is 0 Å². The SMILES string of the molecule is CN(C)CCCOc1cc(Cl)c(-c2nc3cnc(NCc4ccc(F)c(F)c4)nc3n2C[C@@H]2CCCNC2)c(Cl)c1.